The van der Waals surface area contributed by atoms with E-state index < -0.39 is 51.1 Å². The average Bonchev–Trinajstić information content (AvgIpc) is 3.35. The Balaban J connectivity index is 1.78. The molecule has 2 aromatic carbocycles. The van der Waals surface area contributed by atoms with Gasteiger partial charge in [0.2, 0.25) is 21.5 Å². The first-order valence-corrected chi connectivity index (χ1v) is 13.1. The second kappa shape index (κ2) is 9.71. The number of carbonyl (C=O) groups is 3. The third-order valence-electron chi connectivity index (χ3n) is 6.51. The minimum absolute atomic E-state index is 0.0183. The minimum atomic E-state index is -4.60. The number of aliphatic carboxylic acids is 1. The molecule has 2 aromatic rings. The summed E-state index contributed by atoms with van der Waals surface area (Å²) in [4.78, 5) is 39.6. The lowest BCUT2D eigenvalue weighted by Gasteiger charge is -2.41. The van der Waals surface area contributed by atoms with Gasteiger partial charge in [-0.25, -0.2) is 22.0 Å². The van der Waals surface area contributed by atoms with Crippen molar-refractivity contribution in [3.8, 4) is 0 Å². The van der Waals surface area contributed by atoms with Crippen molar-refractivity contribution < 1.29 is 36.7 Å². The summed E-state index contributed by atoms with van der Waals surface area (Å²) in [5.41, 5.74) is -3.54. The van der Waals surface area contributed by atoms with Crippen molar-refractivity contribution in [2.75, 3.05) is 41.3 Å². The van der Waals surface area contributed by atoms with Gasteiger partial charge in [-0.2, -0.15) is 4.72 Å². The summed E-state index contributed by atoms with van der Waals surface area (Å²) < 4.78 is 59.1. The van der Waals surface area contributed by atoms with Gasteiger partial charge in [0.25, 0.3) is 0 Å². The highest BCUT2D eigenvalue weighted by molar-refractivity contribution is 7.89. The van der Waals surface area contributed by atoms with Crippen molar-refractivity contribution in [3.05, 3.63) is 47.5 Å². The Kier molecular flexibility index (Phi) is 6.95. The van der Waals surface area contributed by atoms with E-state index in [2.05, 4.69) is 5.32 Å². The number of rotatable bonds is 7. The Labute approximate surface area is 212 Å². The number of carboxylic acid groups (broad SMARTS) is 1. The maximum atomic E-state index is 15.7. The molecule has 4 rings (SSSR count). The molecule has 13 heteroatoms. The van der Waals surface area contributed by atoms with E-state index in [9.17, 15) is 27.9 Å². The molecule has 1 atom stereocenters. The number of hydrogen-bond donors (Lipinski definition) is 3. The zero-order chi connectivity index (χ0) is 27.1. The van der Waals surface area contributed by atoms with Crippen LogP contribution >= 0.6 is 0 Å². The lowest BCUT2D eigenvalue weighted by Crippen LogP contribution is -2.67. The standard InChI is InChI=1S/C24H26F2N4O6S/c1-3-29-13-24(23(33)34,28-37(35,36)16-8-6-15(7-9-16)27-14(2)31)22(32)17-12-18(25)21(19(26)20(17)29)30-10-4-5-11-30/h6-9,12,28H,3-5,10-11,13H2,1-2H3,(H,27,31)(H,33,34). The molecule has 37 heavy (non-hydrogen) atoms. The number of amides is 1. The zero-order valence-corrected chi connectivity index (χ0v) is 21.0. The van der Waals surface area contributed by atoms with E-state index in [0.29, 0.717) is 18.8 Å². The number of hydrogen-bond acceptors (Lipinski definition) is 7. The molecule has 2 heterocycles. The molecule has 10 nitrogen and oxygen atoms in total. The Morgan fingerprint density at radius 2 is 1.73 bits per heavy atom. The van der Waals surface area contributed by atoms with Gasteiger partial charge in [0.1, 0.15) is 11.5 Å². The normalized spacial score (nSPS) is 19.6. The van der Waals surface area contributed by atoms with Gasteiger partial charge in [0.15, 0.2) is 11.6 Å². The lowest BCUT2D eigenvalue weighted by atomic mass is 9.84. The number of carbonyl (C=O) groups excluding carboxylic acids is 2. The van der Waals surface area contributed by atoms with E-state index in [0.717, 1.165) is 31.0 Å². The van der Waals surface area contributed by atoms with Crippen LogP contribution in [0.1, 0.15) is 37.0 Å². The quantitative estimate of drug-likeness (QED) is 0.459. The van der Waals surface area contributed by atoms with Gasteiger partial charge in [-0.1, -0.05) is 0 Å². The molecule has 1 unspecified atom stereocenters. The minimum Gasteiger partial charge on any atom is -0.479 e. The predicted octanol–water partition coefficient (Wildman–Crippen LogP) is 2.35. The molecule has 0 aromatic heterocycles. The summed E-state index contributed by atoms with van der Waals surface area (Å²) in [6.07, 6.45) is 1.50. The van der Waals surface area contributed by atoms with Crippen molar-refractivity contribution >= 4 is 44.7 Å². The van der Waals surface area contributed by atoms with Gasteiger partial charge in [0, 0.05) is 37.8 Å². The third-order valence-corrected chi connectivity index (χ3v) is 8.02. The lowest BCUT2D eigenvalue weighted by molar-refractivity contribution is -0.141. The Morgan fingerprint density at radius 3 is 2.27 bits per heavy atom. The van der Waals surface area contributed by atoms with Crippen LogP contribution in [0.5, 0.6) is 0 Å². The number of ketones is 1. The summed E-state index contributed by atoms with van der Waals surface area (Å²) in [5, 5.41) is 12.6. The molecule has 0 aliphatic carbocycles. The van der Waals surface area contributed by atoms with Gasteiger partial charge >= 0.3 is 5.97 Å². The fraction of sp³-hybridized carbons (Fsp3) is 0.375. The van der Waals surface area contributed by atoms with Crippen molar-refractivity contribution in [2.24, 2.45) is 0 Å². The summed E-state index contributed by atoms with van der Waals surface area (Å²) in [5.74, 6) is -5.48. The van der Waals surface area contributed by atoms with Gasteiger partial charge < -0.3 is 20.2 Å². The number of Topliss-reactive ketones (excluding diaryl/α,β-unsaturated/α-hetero) is 1. The monoisotopic (exact) mass is 536 g/mol. The van der Waals surface area contributed by atoms with E-state index in [-0.39, 0.29) is 28.7 Å². The largest absolute Gasteiger partial charge is 0.479 e. The first-order chi connectivity index (χ1) is 17.4. The van der Waals surface area contributed by atoms with Crippen LogP contribution in [0.25, 0.3) is 0 Å². The number of nitrogens with one attached hydrogen (secondary N) is 2. The van der Waals surface area contributed by atoms with Crippen LogP contribution in [-0.2, 0) is 19.6 Å². The fourth-order valence-corrected chi connectivity index (χ4v) is 6.06. The van der Waals surface area contributed by atoms with Crippen molar-refractivity contribution in [1.82, 2.24) is 4.72 Å². The highest BCUT2D eigenvalue weighted by atomic mass is 32.2. The summed E-state index contributed by atoms with van der Waals surface area (Å²) in [7, 11) is -4.60. The van der Waals surface area contributed by atoms with Crippen molar-refractivity contribution in [1.29, 1.82) is 0 Å². The van der Waals surface area contributed by atoms with Crippen LogP contribution in [0, 0.1) is 11.6 Å². The fourth-order valence-electron chi connectivity index (χ4n) is 4.74. The molecule has 1 amide bonds. The average molecular weight is 537 g/mol. The summed E-state index contributed by atoms with van der Waals surface area (Å²) in [6, 6.07) is 5.63. The highest BCUT2D eigenvalue weighted by Crippen LogP contribution is 2.41. The Hall–Kier alpha value is -3.58. The number of likely N-dealkylation sites (N-methyl/N-ethyl adjacent to an activating group) is 1. The predicted molar refractivity (Wildman–Crippen MR) is 131 cm³/mol. The molecule has 1 saturated heterocycles. The molecule has 0 saturated carbocycles. The Bertz CT molecular complexity index is 1380. The third kappa shape index (κ3) is 4.64. The first kappa shape index (κ1) is 26.5. The second-order valence-corrected chi connectivity index (χ2v) is 10.7. The number of anilines is 3. The topological polar surface area (TPSA) is 136 Å². The number of sulfonamides is 1. The molecular formula is C24H26F2N4O6S. The van der Waals surface area contributed by atoms with Crippen LogP contribution in [0.3, 0.4) is 0 Å². The number of benzene rings is 2. The highest BCUT2D eigenvalue weighted by Gasteiger charge is 2.55. The van der Waals surface area contributed by atoms with Crippen LogP contribution in [0.15, 0.2) is 35.2 Å². The molecule has 2 aliphatic rings. The summed E-state index contributed by atoms with van der Waals surface area (Å²) in [6.45, 7) is 3.03. The van der Waals surface area contributed by atoms with Crippen molar-refractivity contribution in [3.63, 3.8) is 0 Å². The zero-order valence-electron chi connectivity index (χ0n) is 20.2. The van der Waals surface area contributed by atoms with Gasteiger partial charge in [-0.05, 0) is 50.1 Å². The van der Waals surface area contributed by atoms with E-state index >= 15 is 8.78 Å². The smallest absolute Gasteiger partial charge is 0.334 e. The molecule has 0 bridgehead atoms. The first-order valence-electron chi connectivity index (χ1n) is 11.6. The van der Waals surface area contributed by atoms with E-state index in [1.165, 1.54) is 28.9 Å². The number of nitrogens with zero attached hydrogens (tertiary/aromatic N) is 2. The maximum Gasteiger partial charge on any atom is 0.334 e. The molecule has 1 fully saturated rings. The molecule has 2 aliphatic heterocycles. The molecular weight excluding hydrogens is 510 g/mol. The van der Waals surface area contributed by atoms with E-state index in [1.54, 1.807) is 6.92 Å². The number of halogens is 2. The Morgan fingerprint density at radius 1 is 1.11 bits per heavy atom. The molecule has 0 radical (unpaired) electrons. The van der Waals surface area contributed by atoms with E-state index in [4.69, 9.17) is 0 Å². The van der Waals surface area contributed by atoms with Gasteiger partial charge in [-0.3, -0.25) is 9.59 Å². The molecule has 3 N–H and O–H groups in total. The molecule has 0 spiro atoms. The van der Waals surface area contributed by atoms with Gasteiger partial charge in [0.05, 0.1) is 17.1 Å². The second-order valence-electron chi connectivity index (χ2n) is 8.98. The number of fused-ring (bicyclic) bond motifs is 1. The van der Waals surface area contributed by atoms with Crippen LogP contribution < -0.4 is 19.8 Å². The summed E-state index contributed by atoms with van der Waals surface area (Å²) >= 11 is 0. The molecule has 198 valence electrons. The van der Waals surface area contributed by atoms with Crippen molar-refractivity contribution in [2.45, 2.75) is 37.1 Å². The van der Waals surface area contributed by atoms with E-state index in [1.807, 2.05) is 4.72 Å². The van der Waals surface area contributed by atoms with Crippen LogP contribution in [-0.4, -0.2) is 62.9 Å². The van der Waals surface area contributed by atoms with Gasteiger partial charge in [-0.15, -0.1) is 0 Å². The number of carboxylic acids is 1. The van der Waals surface area contributed by atoms with Crippen LogP contribution in [0.4, 0.5) is 25.8 Å². The van der Waals surface area contributed by atoms with Crippen LogP contribution in [0.2, 0.25) is 0 Å². The SMILES string of the molecule is CCN1CC(NS(=O)(=O)c2ccc(NC(C)=O)cc2)(C(=O)O)C(=O)c2cc(F)c(N3CCCC3)c(F)c21. The maximum absolute atomic E-state index is 15.7.